The standard InChI is InChI=1S/C15H11N3O3S2/c1-22-11-4-2-3-9(7-11)14(19)17-15-16-12-6-5-10(18(20)21)8-13(12)23-15/h2-8H,1H3,(H,16,17,19). The predicted molar refractivity (Wildman–Crippen MR) is 92.5 cm³/mol. The van der Waals surface area contributed by atoms with Crippen LogP contribution in [-0.2, 0) is 0 Å². The SMILES string of the molecule is CSc1cccc(C(=O)Nc2nc3ccc([N+](=O)[O-])cc3s2)c1. The Kier molecular flexibility index (Phi) is 4.26. The minimum absolute atomic E-state index is 0.00620. The van der Waals surface area contributed by atoms with Gasteiger partial charge < -0.3 is 0 Å². The zero-order chi connectivity index (χ0) is 16.4. The number of fused-ring (bicyclic) bond motifs is 1. The normalized spacial score (nSPS) is 10.7. The molecule has 0 saturated heterocycles. The zero-order valence-electron chi connectivity index (χ0n) is 12.0. The average Bonchev–Trinajstić information content (AvgIpc) is 2.96. The molecule has 3 rings (SSSR count). The summed E-state index contributed by atoms with van der Waals surface area (Å²) in [6, 6.07) is 11.7. The number of rotatable bonds is 4. The second kappa shape index (κ2) is 6.35. The van der Waals surface area contributed by atoms with E-state index in [1.807, 2.05) is 18.4 Å². The van der Waals surface area contributed by atoms with Crippen molar-refractivity contribution in [1.82, 2.24) is 4.98 Å². The second-order valence-electron chi connectivity index (χ2n) is 4.61. The molecule has 0 fully saturated rings. The Bertz CT molecular complexity index is 908. The maximum atomic E-state index is 12.3. The number of aromatic nitrogens is 1. The Morgan fingerprint density at radius 1 is 1.30 bits per heavy atom. The molecule has 8 heteroatoms. The van der Waals surface area contributed by atoms with Gasteiger partial charge in [0.25, 0.3) is 11.6 Å². The van der Waals surface area contributed by atoms with Gasteiger partial charge in [0.1, 0.15) is 0 Å². The maximum absolute atomic E-state index is 12.3. The van der Waals surface area contributed by atoms with Gasteiger partial charge in [0.15, 0.2) is 5.13 Å². The molecular formula is C15H11N3O3S2. The number of non-ortho nitro benzene ring substituents is 1. The molecule has 0 aliphatic carbocycles. The highest BCUT2D eigenvalue weighted by Gasteiger charge is 2.13. The molecule has 1 aromatic heterocycles. The van der Waals surface area contributed by atoms with Crippen molar-refractivity contribution >= 4 is 50.0 Å². The fourth-order valence-electron chi connectivity index (χ4n) is 2.01. The van der Waals surface area contributed by atoms with Crippen molar-refractivity contribution in [3.05, 3.63) is 58.1 Å². The molecular weight excluding hydrogens is 334 g/mol. The molecule has 0 atom stereocenters. The molecule has 0 aliphatic heterocycles. The zero-order valence-corrected chi connectivity index (χ0v) is 13.6. The molecule has 0 radical (unpaired) electrons. The van der Waals surface area contributed by atoms with Gasteiger partial charge >= 0.3 is 0 Å². The van der Waals surface area contributed by atoms with E-state index in [-0.39, 0.29) is 11.6 Å². The monoisotopic (exact) mass is 345 g/mol. The van der Waals surface area contributed by atoms with Crippen molar-refractivity contribution in [3.63, 3.8) is 0 Å². The summed E-state index contributed by atoms with van der Waals surface area (Å²) >= 11 is 2.77. The van der Waals surface area contributed by atoms with Gasteiger partial charge in [0, 0.05) is 22.6 Å². The van der Waals surface area contributed by atoms with Gasteiger partial charge in [-0.1, -0.05) is 17.4 Å². The Morgan fingerprint density at radius 2 is 2.13 bits per heavy atom. The largest absolute Gasteiger partial charge is 0.298 e. The first kappa shape index (κ1) is 15.4. The molecule has 1 N–H and O–H groups in total. The van der Waals surface area contributed by atoms with Crippen molar-refractivity contribution in [3.8, 4) is 0 Å². The van der Waals surface area contributed by atoms with Gasteiger partial charge in [-0.2, -0.15) is 0 Å². The lowest BCUT2D eigenvalue weighted by molar-refractivity contribution is -0.384. The lowest BCUT2D eigenvalue weighted by atomic mass is 10.2. The van der Waals surface area contributed by atoms with E-state index in [0.717, 1.165) is 4.90 Å². The van der Waals surface area contributed by atoms with Gasteiger partial charge in [0.2, 0.25) is 0 Å². The van der Waals surface area contributed by atoms with Gasteiger partial charge in [-0.05, 0) is 30.5 Å². The van der Waals surface area contributed by atoms with E-state index in [4.69, 9.17) is 0 Å². The first-order valence-corrected chi connectivity index (χ1v) is 8.61. The van der Waals surface area contributed by atoms with E-state index in [1.165, 1.54) is 23.5 Å². The highest BCUT2D eigenvalue weighted by Crippen LogP contribution is 2.29. The van der Waals surface area contributed by atoms with E-state index >= 15 is 0 Å². The van der Waals surface area contributed by atoms with Crippen LogP contribution in [0.3, 0.4) is 0 Å². The van der Waals surface area contributed by atoms with Crippen molar-refractivity contribution in [2.24, 2.45) is 0 Å². The van der Waals surface area contributed by atoms with Crippen LogP contribution in [0.1, 0.15) is 10.4 Å². The molecule has 0 aliphatic rings. The fourth-order valence-corrected chi connectivity index (χ4v) is 3.37. The molecule has 0 saturated carbocycles. The summed E-state index contributed by atoms with van der Waals surface area (Å²) in [7, 11) is 0. The van der Waals surface area contributed by atoms with Crippen molar-refractivity contribution in [1.29, 1.82) is 0 Å². The number of hydrogen-bond acceptors (Lipinski definition) is 6. The van der Waals surface area contributed by atoms with Gasteiger partial charge in [-0.3, -0.25) is 20.2 Å². The van der Waals surface area contributed by atoms with Crippen molar-refractivity contribution in [2.45, 2.75) is 4.90 Å². The summed E-state index contributed by atoms with van der Waals surface area (Å²) in [5, 5.41) is 13.9. The van der Waals surface area contributed by atoms with E-state index in [0.29, 0.717) is 20.9 Å². The number of thioether (sulfide) groups is 1. The molecule has 0 unspecified atom stereocenters. The van der Waals surface area contributed by atoms with Gasteiger partial charge in [0.05, 0.1) is 15.1 Å². The van der Waals surface area contributed by atoms with Crippen molar-refractivity contribution < 1.29 is 9.72 Å². The summed E-state index contributed by atoms with van der Waals surface area (Å²) in [6.45, 7) is 0. The van der Waals surface area contributed by atoms with Crippen LogP contribution in [-0.4, -0.2) is 22.1 Å². The Labute approximate surface area is 139 Å². The first-order chi connectivity index (χ1) is 11.1. The molecule has 0 spiro atoms. The number of carbonyl (C=O) groups excluding carboxylic acids is 1. The number of anilines is 1. The lowest BCUT2D eigenvalue weighted by Gasteiger charge is -2.03. The molecule has 23 heavy (non-hydrogen) atoms. The third-order valence-electron chi connectivity index (χ3n) is 3.14. The summed E-state index contributed by atoms with van der Waals surface area (Å²) < 4.78 is 0.660. The van der Waals surface area contributed by atoms with E-state index < -0.39 is 4.92 Å². The summed E-state index contributed by atoms with van der Waals surface area (Å²) in [4.78, 5) is 27.9. The number of hydrogen-bond donors (Lipinski definition) is 1. The molecule has 3 aromatic rings. The van der Waals surface area contributed by atoms with Crippen LogP contribution < -0.4 is 5.32 Å². The Balaban J connectivity index is 1.85. The van der Waals surface area contributed by atoms with E-state index in [2.05, 4.69) is 10.3 Å². The number of thiazole rings is 1. The van der Waals surface area contributed by atoms with Crippen molar-refractivity contribution in [2.75, 3.05) is 11.6 Å². The van der Waals surface area contributed by atoms with E-state index in [9.17, 15) is 14.9 Å². The average molecular weight is 345 g/mol. The minimum atomic E-state index is -0.453. The van der Waals surface area contributed by atoms with Gasteiger partial charge in [-0.15, -0.1) is 11.8 Å². The number of benzene rings is 2. The third kappa shape index (κ3) is 3.33. The number of nitrogens with one attached hydrogen (secondary N) is 1. The number of nitrogens with zero attached hydrogens (tertiary/aromatic N) is 2. The number of nitro groups is 1. The van der Waals surface area contributed by atoms with Crippen LogP contribution in [0, 0.1) is 10.1 Å². The maximum Gasteiger partial charge on any atom is 0.270 e. The first-order valence-electron chi connectivity index (χ1n) is 6.57. The molecule has 0 bridgehead atoms. The minimum Gasteiger partial charge on any atom is -0.298 e. The number of carbonyl (C=O) groups is 1. The van der Waals surface area contributed by atoms with Crippen LogP contribution in [0.4, 0.5) is 10.8 Å². The number of nitro benzene ring substituents is 1. The Hall–Kier alpha value is -2.45. The molecule has 6 nitrogen and oxygen atoms in total. The van der Waals surface area contributed by atoms with E-state index in [1.54, 1.807) is 30.0 Å². The van der Waals surface area contributed by atoms with Crippen LogP contribution in [0.15, 0.2) is 47.4 Å². The highest BCUT2D eigenvalue weighted by molar-refractivity contribution is 7.98. The van der Waals surface area contributed by atoms with Crippen LogP contribution in [0.5, 0.6) is 0 Å². The predicted octanol–water partition coefficient (Wildman–Crippen LogP) is 4.18. The topological polar surface area (TPSA) is 85.1 Å². The highest BCUT2D eigenvalue weighted by atomic mass is 32.2. The molecule has 116 valence electrons. The summed E-state index contributed by atoms with van der Waals surface area (Å²) in [6.07, 6.45) is 1.94. The fraction of sp³-hybridized carbons (Fsp3) is 0.0667. The van der Waals surface area contributed by atoms with Crippen LogP contribution in [0.25, 0.3) is 10.2 Å². The quantitative estimate of drug-likeness (QED) is 0.435. The van der Waals surface area contributed by atoms with Gasteiger partial charge in [-0.25, -0.2) is 4.98 Å². The third-order valence-corrected chi connectivity index (χ3v) is 4.79. The lowest BCUT2D eigenvalue weighted by Crippen LogP contribution is -2.11. The smallest absolute Gasteiger partial charge is 0.270 e. The van der Waals surface area contributed by atoms with Crippen LogP contribution >= 0.6 is 23.1 Å². The Morgan fingerprint density at radius 3 is 2.87 bits per heavy atom. The molecule has 2 aromatic carbocycles. The summed E-state index contributed by atoms with van der Waals surface area (Å²) in [5.74, 6) is -0.255. The number of amides is 1. The second-order valence-corrected chi connectivity index (χ2v) is 6.52. The molecule has 1 amide bonds. The van der Waals surface area contributed by atoms with Crippen LogP contribution in [0.2, 0.25) is 0 Å². The molecule has 1 heterocycles. The summed E-state index contributed by atoms with van der Waals surface area (Å²) in [5.41, 5.74) is 1.17.